The van der Waals surface area contributed by atoms with Gasteiger partial charge in [0, 0.05) is 24.8 Å². The van der Waals surface area contributed by atoms with Crippen LogP contribution in [0.5, 0.6) is 5.75 Å². The third kappa shape index (κ3) is 5.19. The summed E-state index contributed by atoms with van der Waals surface area (Å²) in [5, 5.41) is 3.68. The number of rotatable bonds is 6. The van der Waals surface area contributed by atoms with Gasteiger partial charge in [-0.3, -0.25) is 0 Å². The van der Waals surface area contributed by atoms with Gasteiger partial charge in [-0.1, -0.05) is 45.0 Å². The predicted octanol–water partition coefficient (Wildman–Crippen LogP) is 7.15. The summed E-state index contributed by atoms with van der Waals surface area (Å²) in [5.41, 5.74) is 6.64. The van der Waals surface area contributed by atoms with Crippen molar-refractivity contribution in [3.8, 4) is 5.75 Å². The number of anilines is 3. The fraction of sp³-hybridized carbons (Fsp3) is 0.452. The molecule has 38 heavy (non-hydrogen) atoms. The second-order valence-electron chi connectivity index (χ2n) is 11.7. The Morgan fingerprint density at radius 3 is 2.34 bits per heavy atom. The van der Waals surface area contributed by atoms with Crippen molar-refractivity contribution in [2.24, 2.45) is 0 Å². The van der Waals surface area contributed by atoms with Gasteiger partial charge in [-0.05, 0) is 79.8 Å². The number of fused-ring (bicyclic) bond motifs is 1. The first-order chi connectivity index (χ1) is 18.1. The lowest BCUT2D eigenvalue weighted by Crippen LogP contribution is -2.34. The van der Waals surface area contributed by atoms with Crippen molar-refractivity contribution in [2.75, 3.05) is 30.4 Å². The molecular formula is C31H40N6O. The van der Waals surface area contributed by atoms with E-state index < -0.39 is 0 Å². The van der Waals surface area contributed by atoms with Crippen molar-refractivity contribution >= 4 is 28.6 Å². The summed E-state index contributed by atoms with van der Waals surface area (Å²) in [5.74, 6) is 2.98. The molecule has 7 nitrogen and oxygen atoms in total. The standard InChI is InChI=1S/C31H40N6O/c1-20(2)37-19-32-28-27(37)29(33-26-18-24(31(4,5)6)11-8-21(26)3)35-30(34-28)36-16-14-23(15-17-36)22-9-12-25(38-7)13-10-22/h8-13,18-20,23H,14-17H2,1-7H3,(H,33,34,35). The molecule has 1 fully saturated rings. The molecule has 0 radical (unpaired) electrons. The Hall–Kier alpha value is -3.61. The monoisotopic (exact) mass is 512 g/mol. The van der Waals surface area contributed by atoms with Crippen molar-refractivity contribution in [3.05, 3.63) is 65.5 Å². The Morgan fingerprint density at radius 1 is 1.00 bits per heavy atom. The van der Waals surface area contributed by atoms with E-state index in [9.17, 15) is 0 Å². The van der Waals surface area contributed by atoms with Crippen LogP contribution >= 0.6 is 0 Å². The Labute approximate surface area is 226 Å². The van der Waals surface area contributed by atoms with Gasteiger partial charge in [-0.25, -0.2) is 4.98 Å². The van der Waals surface area contributed by atoms with E-state index in [1.54, 1.807) is 7.11 Å². The van der Waals surface area contributed by atoms with E-state index >= 15 is 0 Å². The van der Waals surface area contributed by atoms with E-state index in [1.165, 1.54) is 16.7 Å². The number of hydrogen-bond donors (Lipinski definition) is 1. The van der Waals surface area contributed by atoms with E-state index in [4.69, 9.17) is 14.7 Å². The quantitative estimate of drug-likeness (QED) is 0.296. The van der Waals surface area contributed by atoms with Gasteiger partial charge in [0.05, 0.1) is 13.4 Å². The summed E-state index contributed by atoms with van der Waals surface area (Å²) in [6.45, 7) is 15.0. The molecule has 3 heterocycles. The van der Waals surface area contributed by atoms with E-state index in [0.29, 0.717) is 5.92 Å². The maximum atomic E-state index is 5.33. The average molecular weight is 513 g/mol. The molecule has 2 aromatic carbocycles. The maximum absolute atomic E-state index is 5.33. The highest BCUT2D eigenvalue weighted by Gasteiger charge is 2.25. The van der Waals surface area contributed by atoms with Gasteiger partial charge in [-0.2, -0.15) is 9.97 Å². The number of hydrogen-bond acceptors (Lipinski definition) is 6. The van der Waals surface area contributed by atoms with Crippen LogP contribution < -0.4 is 15.0 Å². The molecule has 200 valence electrons. The number of ether oxygens (including phenoxy) is 1. The van der Waals surface area contributed by atoms with Crippen LogP contribution in [-0.2, 0) is 5.41 Å². The molecule has 0 spiro atoms. The van der Waals surface area contributed by atoms with Gasteiger partial charge in [0.2, 0.25) is 5.95 Å². The normalized spacial score (nSPS) is 14.9. The minimum absolute atomic E-state index is 0.0597. The van der Waals surface area contributed by atoms with Crippen LogP contribution in [0.25, 0.3) is 11.2 Å². The number of nitrogens with one attached hydrogen (secondary N) is 1. The molecular weight excluding hydrogens is 472 g/mol. The number of benzene rings is 2. The molecule has 0 bridgehead atoms. The van der Waals surface area contributed by atoms with Gasteiger partial charge < -0.3 is 19.5 Å². The SMILES string of the molecule is COc1ccc(C2CCN(c3nc(Nc4cc(C(C)(C)C)ccc4C)c4c(ncn4C(C)C)n3)CC2)cc1. The van der Waals surface area contributed by atoms with E-state index in [0.717, 1.165) is 60.3 Å². The third-order valence-electron chi connectivity index (χ3n) is 7.69. The number of methoxy groups -OCH3 is 1. The zero-order valence-electron chi connectivity index (χ0n) is 23.7. The first-order valence-electron chi connectivity index (χ1n) is 13.7. The highest BCUT2D eigenvalue weighted by Crippen LogP contribution is 2.34. The molecule has 0 unspecified atom stereocenters. The van der Waals surface area contributed by atoms with Gasteiger partial charge in [0.1, 0.15) is 11.3 Å². The molecule has 2 aromatic heterocycles. The van der Waals surface area contributed by atoms with Crippen LogP contribution in [0.4, 0.5) is 17.5 Å². The molecule has 0 amide bonds. The molecule has 4 aromatic rings. The van der Waals surface area contributed by atoms with Crippen molar-refractivity contribution < 1.29 is 4.74 Å². The van der Waals surface area contributed by atoms with E-state index in [-0.39, 0.29) is 11.5 Å². The highest BCUT2D eigenvalue weighted by molar-refractivity contribution is 5.87. The fourth-order valence-corrected chi connectivity index (χ4v) is 5.19. The molecule has 1 aliphatic rings. The molecule has 0 saturated carbocycles. The van der Waals surface area contributed by atoms with Gasteiger partial charge in [0.15, 0.2) is 11.5 Å². The number of imidazole rings is 1. The van der Waals surface area contributed by atoms with Crippen molar-refractivity contribution in [1.29, 1.82) is 0 Å². The number of aryl methyl sites for hydroxylation is 1. The summed E-state index contributed by atoms with van der Waals surface area (Å²) in [6, 6.07) is 15.4. The summed E-state index contributed by atoms with van der Waals surface area (Å²) in [7, 11) is 1.71. The van der Waals surface area contributed by atoms with Crippen molar-refractivity contribution in [1.82, 2.24) is 19.5 Å². The van der Waals surface area contributed by atoms with Crippen LogP contribution in [0.2, 0.25) is 0 Å². The number of aromatic nitrogens is 4. The first-order valence-corrected chi connectivity index (χ1v) is 13.7. The molecule has 1 saturated heterocycles. The highest BCUT2D eigenvalue weighted by atomic mass is 16.5. The van der Waals surface area contributed by atoms with E-state index in [2.05, 4.69) is 104 Å². The molecule has 1 aliphatic heterocycles. The minimum Gasteiger partial charge on any atom is -0.497 e. The van der Waals surface area contributed by atoms with Crippen LogP contribution in [-0.4, -0.2) is 39.7 Å². The molecule has 0 atom stereocenters. The molecule has 7 heteroatoms. The fourth-order valence-electron chi connectivity index (χ4n) is 5.19. The topological polar surface area (TPSA) is 68.1 Å². The minimum atomic E-state index is 0.0597. The largest absolute Gasteiger partial charge is 0.497 e. The second kappa shape index (κ2) is 10.3. The molecule has 5 rings (SSSR count). The zero-order valence-corrected chi connectivity index (χ0v) is 23.7. The number of nitrogens with zero attached hydrogens (tertiary/aromatic N) is 5. The average Bonchev–Trinajstić information content (AvgIpc) is 3.34. The Balaban J connectivity index is 1.46. The van der Waals surface area contributed by atoms with E-state index in [1.807, 2.05) is 6.33 Å². The Kier molecular flexibility index (Phi) is 7.03. The molecule has 0 aliphatic carbocycles. The smallest absolute Gasteiger partial charge is 0.229 e. The summed E-state index contributed by atoms with van der Waals surface area (Å²) >= 11 is 0. The Morgan fingerprint density at radius 2 is 1.71 bits per heavy atom. The summed E-state index contributed by atoms with van der Waals surface area (Å²) in [6.07, 6.45) is 4.00. The van der Waals surface area contributed by atoms with Crippen LogP contribution in [0, 0.1) is 6.92 Å². The predicted molar refractivity (Wildman–Crippen MR) is 156 cm³/mol. The number of piperidine rings is 1. The lowest BCUT2D eigenvalue weighted by molar-refractivity contribution is 0.414. The third-order valence-corrected chi connectivity index (χ3v) is 7.69. The van der Waals surface area contributed by atoms with Gasteiger partial charge >= 0.3 is 0 Å². The summed E-state index contributed by atoms with van der Waals surface area (Å²) in [4.78, 5) is 17.0. The first kappa shape index (κ1) is 26.0. The zero-order chi connectivity index (χ0) is 27.0. The van der Waals surface area contributed by atoms with Crippen molar-refractivity contribution in [3.63, 3.8) is 0 Å². The molecule has 1 N–H and O–H groups in total. The van der Waals surface area contributed by atoms with Gasteiger partial charge in [0.25, 0.3) is 0 Å². The summed E-state index contributed by atoms with van der Waals surface area (Å²) < 4.78 is 7.48. The van der Waals surface area contributed by atoms with Gasteiger partial charge in [-0.15, -0.1) is 0 Å². The van der Waals surface area contributed by atoms with Crippen LogP contribution in [0.3, 0.4) is 0 Å². The van der Waals surface area contributed by atoms with Crippen LogP contribution in [0.15, 0.2) is 48.8 Å². The Bertz CT molecular complexity index is 1410. The lowest BCUT2D eigenvalue weighted by Gasteiger charge is -2.32. The maximum Gasteiger partial charge on any atom is 0.229 e. The van der Waals surface area contributed by atoms with Crippen molar-refractivity contribution in [2.45, 2.75) is 71.8 Å². The van der Waals surface area contributed by atoms with Crippen LogP contribution in [0.1, 0.15) is 76.1 Å². The lowest BCUT2D eigenvalue weighted by atomic mass is 9.86. The second-order valence-corrected chi connectivity index (χ2v) is 11.7.